The Morgan fingerprint density at radius 2 is 1.65 bits per heavy atom. The quantitative estimate of drug-likeness (QED) is 0.782. The van der Waals surface area contributed by atoms with Gasteiger partial charge in [-0.15, -0.1) is 11.8 Å². The van der Waals surface area contributed by atoms with E-state index in [0.717, 1.165) is 16.0 Å². The van der Waals surface area contributed by atoms with Crippen molar-refractivity contribution in [1.29, 1.82) is 0 Å². The number of hydrogen-bond acceptors (Lipinski definition) is 2. The number of rotatable bonds is 4. The summed E-state index contributed by atoms with van der Waals surface area (Å²) in [4.78, 5) is 13.5. The molecule has 0 saturated heterocycles. The van der Waals surface area contributed by atoms with Gasteiger partial charge in [0.15, 0.2) is 0 Å². The lowest BCUT2D eigenvalue weighted by Gasteiger charge is -2.21. The maximum absolute atomic E-state index is 12.5. The molecule has 0 aliphatic rings. The average Bonchev–Trinajstić information content (AvgIpc) is 2.54. The van der Waals surface area contributed by atoms with Gasteiger partial charge in [-0.05, 0) is 41.9 Å². The Bertz CT molecular complexity index is 671. The molecule has 0 radical (unpaired) electrons. The van der Waals surface area contributed by atoms with Gasteiger partial charge < -0.3 is 5.32 Å². The van der Waals surface area contributed by atoms with Crippen molar-refractivity contribution in [2.24, 2.45) is 0 Å². The van der Waals surface area contributed by atoms with Crippen molar-refractivity contribution in [3.8, 4) is 0 Å². The van der Waals surface area contributed by atoms with Crippen LogP contribution in [0.2, 0.25) is 0 Å². The van der Waals surface area contributed by atoms with Crippen LogP contribution in [0.4, 0.5) is 0 Å². The maximum Gasteiger partial charge on any atom is 0.252 e. The second-order valence-corrected chi connectivity index (χ2v) is 7.62. The van der Waals surface area contributed by atoms with Crippen LogP contribution in [0.1, 0.15) is 55.2 Å². The predicted molar refractivity (Wildman–Crippen MR) is 99.2 cm³/mol. The van der Waals surface area contributed by atoms with Crippen molar-refractivity contribution < 1.29 is 4.79 Å². The van der Waals surface area contributed by atoms with Crippen LogP contribution in [0.15, 0.2) is 53.4 Å². The molecule has 2 rings (SSSR count). The standard InChI is InChI=1S/C20H25NOS/c1-14(15-10-12-16(13-11-15)20(2,3)4)21-19(22)17-8-6-7-9-18(17)23-5/h6-14H,1-5H3,(H,21,22)/t14-/m0/s1. The summed E-state index contributed by atoms with van der Waals surface area (Å²) >= 11 is 1.59. The number of benzene rings is 2. The van der Waals surface area contributed by atoms with Gasteiger partial charge in [0.2, 0.25) is 0 Å². The van der Waals surface area contributed by atoms with Crippen LogP contribution in [0, 0.1) is 0 Å². The lowest BCUT2D eigenvalue weighted by atomic mass is 9.86. The highest BCUT2D eigenvalue weighted by atomic mass is 32.2. The van der Waals surface area contributed by atoms with E-state index in [0.29, 0.717) is 0 Å². The molecule has 0 aliphatic heterocycles. The third-order valence-corrected chi connectivity index (χ3v) is 4.77. The first-order valence-electron chi connectivity index (χ1n) is 7.87. The van der Waals surface area contributed by atoms with Crippen molar-refractivity contribution in [2.45, 2.75) is 44.0 Å². The van der Waals surface area contributed by atoms with E-state index >= 15 is 0 Å². The molecule has 2 aromatic rings. The lowest BCUT2D eigenvalue weighted by molar-refractivity contribution is 0.0937. The van der Waals surface area contributed by atoms with Gasteiger partial charge in [-0.3, -0.25) is 4.79 Å². The fourth-order valence-corrected chi connectivity index (χ4v) is 3.06. The first-order valence-corrected chi connectivity index (χ1v) is 9.09. The molecule has 0 spiro atoms. The molecule has 1 amide bonds. The third kappa shape index (κ3) is 4.38. The Hall–Kier alpha value is -1.74. The van der Waals surface area contributed by atoms with Gasteiger partial charge in [-0.1, -0.05) is 57.2 Å². The Morgan fingerprint density at radius 1 is 1.04 bits per heavy atom. The lowest BCUT2D eigenvalue weighted by Crippen LogP contribution is -2.27. The zero-order chi connectivity index (χ0) is 17.0. The molecule has 1 atom stereocenters. The van der Waals surface area contributed by atoms with Crippen molar-refractivity contribution in [1.82, 2.24) is 5.32 Å². The average molecular weight is 327 g/mol. The molecule has 2 nitrogen and oxygen atoms in total. The summed E-state index contributed by atoms with van der Waals surface area (Å²) in [6.45, 7) is 8.62. The summed E-state index contributed by atoms with van der Waals surface area (Å²) in [6, 6.07) is 16.2. The van der Waals surface area contributed by atoms with Gasteiger partial charge in [-0.25, -0.2) is 0 Å². The van der Waals surface area contributed by atoms with E-state index in [1.807, 2.05) is 37.4 Å². The van der Waals surface area contributed by atoms with Crippen LogP contribution in [0.25, 0.3) is 0 Å². The first kappa shape index (κ1) is 17.6. The van der Waals surface area contributed by atoms with Crippen LogP contribution in [-0.2, 0) is 5.41 Å². The van der Waals surface area contributed by atoms with E-state index in [4.69, 9.17) is 0 Å². The van der Waals surface area contributed by atoms with E-state index in [1.165, 1.54) is 5.56 Å². The highest BCUT2D eigenvalue weighted by molar-refractivity contribution is 7.98. The van der Waals surface area contributed by atoms with Crippen molar-refractivity contribution in [3.05, 3.63) is 65.2 Å². The van der Waals surface area contributed by atoms with Crippen LogP contribution < -0.4 is 5.32 Å². The fourth-order valence-electron chi connectivity index (χ4n) is 2.46. The third-order valence-electron chi connectivity index (χ3n) is 3.98. The SMILES string of the molecule is CSc1ccccc1C(=O)N[C@@H](C)c1ccc(C(C)(C)C)cc1. The van der Waals surface area contributed by atoms with Gasteiger partial charge in [0.25, 0.3) is 5.91 Å². The van der Waals surface area contributed by atoms with Crippen LogP contribution in [0.3, 0.4) is 0 Å². The molecule has 0 bridgehead atoms. The fraction of sp³-hybridized carbons (Fsp3) is 0.350. The molecule has 3 heteroatoms. The van der Waals surface area contributed by atoms with Gasteiger partial charge in [0.1, 0.15) is 0 Å². The zero-order valence-electron chi connectivity index (χ0n) is 14.5. The van der Waals surface area contributed by atoms with Gasteiger partial charge in [0, 0.05) is 4.90 Å². The highest BCUT2D eigenvalue weighted by Crippen LogP contribution is 2.25. The molecular formula is C20H25NOS. The summed E-state index contributed by atoms with van der Waals surface area (Å²) < 4.78 is 0. The first-order chi connectivity index (χ1) is 10.8. The molecule has 122 valence electrons. The minimum Gasteiger partial charge on any atom is -0.345 e. The highest BCUT2D eigenvalue weighted by Gasteiger charge is 2.16. The minimum absolute atomic E-state index is 0.0218. The molecule has 0 heterocycles. The Balaban J connectivity index is 2.12. The van der Waals surface area contributed by atoms with E-state index < -0.39 is 0 Å². The van der Waals surface area contributed by atoms with E-state index in [-0.39, 0.29) is 17.4 Å². The summed E-state index contributed by atoms with van der Waals surface area (Å²) in [5.74, 6) is -0.0256. The van der Waals surface area contributed by atoms with E-state index in [1.54, 1.807) is 11.8 Å². The molecule has 0 saturated carbocycles. The molecule has 0 aromatic heterocycles. The monoisotopic (exact) mass is 327 g/mol. The van der Waals surface area contributed by atoms with Gasteiger partial charge in [0.05, 0.1) is 11.6 Å². The smallest absolute Gasteiger partial charge is 0.252 e. The Labute approximate surface area is 143 Å². The molecule has 1 N–H and O–H groups in total. The van der Waals surface area contributed by atoms with Crippen molar-refractivity contribution >= 4 is 17.7 Å². The minimum atomic E-state index is -0.0256. The Morgan fingerprint density at radius 3 is 2.22 bits per heavy atom. The molecule has 0 aliphatic carbocycles. The second-order valence-electron chi connectivity index (χ2n) is 6.77. The van der Waals surface area contributed by atoms with Gasteiger partial charge in [-0.2, -0.15) is 0 Å². The van der Waals surface area contributed by atoms with E-state index in [2.05, 4.69) is 50.4 Å². The van der Waals surface area contributed by atoms with Crippen LogP contribution in [-0.4, -0.2) is 12.2 Å². The summed E-state index contributed by atoms with van der Waals surface area (Å²) in [5.41, 5.74) is 3.29. The van der Waals surface area contributed by atoms with E-state index in [9.17, 15) is 4.79 Å². The molecule has 0 fully saturated rings. The molecule has 2 aromatic carbocycles. The molecule has 23 heavy (non-hydrogen) atoms. The summed E-state index contributed by atoms with van der Waals surface area (Å²) in [6.07, 6.45) is 1.99. The van der Waals surface area contributed by atoms with Crippen molar-refractivity contribution in [3.63, 3.8) is 0 Å². The number of nitrogens with one attached hydrogen (secondary N) is 1. The number of carbonyl (C=O) groups excluding carboxylic acids is 1. The zero-order valence-corrected chi connectivity index (χ0v) is 15.3. The topological polar surface area (TPSA) is 29.1 Å². The number of amides is 1. The second kappa shape index (κ2) is 7.22. The summed E-state index contributed by atoms with van der Waals surface area (Å²) in [7, 11) is 0. The predicted octanol–water partition coefficient (Wildman–Crippen LogP) is 5.20. The normalized spacial score (nSPS) is 12.7. The van der Waals surface area contributed by atoms with Crippen LogP contribution in [0.5, 0.6) is 0 Å². The molecule has 0 unspecified atom stereocenters. The van der Waals surface area contributed by atoms with Gasteiger partial charge >= 0.3 is 0 Å². The van der Waals surface area contributed by atoms with Crippen molar-refractivity contribution in [2.75, 3.05) is 6.26 Å². The number of thioether (sulfide) groups is 1. The summed E-state index contributed by atoms with van der Waals surface area (Å²) in [5, 5.41) is 3.09. The largest absolute Gasteiger partial charge is 0.345 e. The van der Waals surface area contributed by atoms with Crippen LogP contribution >= 0.6 is 11.8 Å². The Kier molecular flexibility index (Phi) is 5.53. The molecular weight excluding hydrogens is 302 g/mol. The number of hydrogen-bond donors (Lipinski definition) is 1. The number of carbonyl (C=O) groups is 1. The maximum atomic E-state index is 12.5.